The van der Waals surface area contributed by atoms with Crippen LogP contribution in [-0.4, -0.2) is 18.3 Å². The van der Waals surface area contributed by atoms with Gasteiger partial charge in [0.05, 0.1) is 12.2 Å². The minimum absolute atomic E-state index is 0.280. The van der Waals surface area contributed by atoms with E-state index in [1.165, 1.54) is 0 Å². The number of ether oxygens (including phenoxy) is 1. The van der Waals surface area contributed by atoms with Gasteiger partial charge in [-0.1, -0.05) is 6.07 Å². The van der Waals surface area contributed by atoms with Crippen LogP contribution in [-0.2, 0) is 0 Å². The molecule has 0 heterocycles. The summed E-state index contributed by atoms with van der Waals surface area (Å²) in [6.45, 7) is 3.05. The molecular weight excluding hydrogens is 210 g/mol. The summed E-state index contributed by atoms with van der Waals surface area (Å²) >= 11 is 3.79. The monoisotopic (exact) mass is 225 g/mol. The first kappa shape index (κ1) is 12.1. The highest BCUT2D eigenvalue weighted by Crippen LogP contribution is 2.22. The maximum Gasteiger partial charge on any atom is 0.220 e. The number of hydrogen-bond donors (Lipinski definition) is 2. The van der Waals surface area contributed by atoms with E-state index < -0.39 is 0 Å². The van der Waals surface area contributed by atoms with Crippen molar-refractivity contribution in [3.8, 4) is 5.75 Å². The molecular formula is C11H15NO2S. The van der Waals surface area contributed by atoms with Gasteiger partial charge in [-0.15, -0.1) is 12.6 Å². The first-order valence-corrected chi connectivity index (χ1v) is 5.26. The van der Waals surface area contributed by atoms with Gasteiger partial charge >= 0.3 is 0 Å². The van der Waals surface area contributed by atoms with Crippen LogP contribution < -0.4 is 10.5 Å². The highest BCUT2D eigenvalue weighted by Gasteiger charge is 2.08. The molecule has 0 amide bonds. The molecule has 2 N–H and O–H groups in total. The molecule has 1 aromatic carbocycles. The third-order valence-electron chi connectivity index (χ3n) is 1.97. The van der Waals surface area contributed by atoms with Crippen LogP contribution in [0, 0.1) is 6.92 Å². The van der Waals surface area contributed by atoms with E-state index in [1.807, 2.05) is 19.1 Å². The lowest BCUT2D eigenvalue weighted by atomic mass is 10.1. The Balaban J connectivity index is 2.82. The summed E-state index contributed by atoms with van der Waals surface area (Å²) in [5.41, 5.74) is 6.91. The first-order valence-electron chi connectivity index (χ1n) is 4.82. The van der Waals surface area contributed by atoms with Crippen molar-refractivity contribution in [3.63, 3.8) is 0 Å². The van der Waals surface area contributed by atoms with Gasteiger partial charge in [0, 0.05) is 0 Å². The van der Waals surface area contributed by atoms with Crippen LogP contribution in [0.15, 0.2) is 18.2 Å². The highest BCUT2D eigenvalue weighted by atomic mass is 32.1. The molecule has 3 nitrogen and oxygen atoms in total. The molecule has 0 radical (unpaired) electrons. The predicted octanol–water partition coefficient (Wildman–Crippen LogP) is 1.79. The van der Waals surface area contributed by atoms with Crippen molar-refractivity contribution >= 4 is 17.7 Å². The fourth-order valence-electron chi connectivity index (χ4n) is 1.19. The van der Waals surface area contributed by atoms with Gasteiger partial charge < -0.3 is 10.5 Å². The maximum absolute atomic E-state index is 11.2. The van der Waals surface area contributed by atoms with Crippen LogP contribution in [0.3, 0.4) is 0 Å². The molecule has 0 fully saturated rings. The topological polar surface area (TPSA) is 52.3 Å². The van der Waals surface area contributed by atoms with Gasteiger partial charge in [-0.25, -0.2) is 0 Å². The lowest BCUT2D eigenvalue weighted by Crippen LogP contribution is -2.08. The summed E-state index contributed by atoms with van der Waals surface area (Å²) in [6.07, 6.45) is 0.772. The summed E-state index contributed by atoms with van der Waals surface area (Å²) in [5, 5.41) is -0.280. The van der Waals surface area contributed by atoms with Crippen molar-refractivity contribution in [1.29, 1.82) is 0 Å². The van der Waals surface area contributed by atoms with E-state index in [4.69, 9.17) is 10.5 Å². The number of benzene rings is 1. The van der Waals surface area contributed by atoms with Crippen molar-refractivity contribution in [3.05, 3.63) is 29.3 Å². The molecule has 15 heavy (non-hydrogen) atoms. The number of hydrogen-bond acceptors (Lipinski definition) is 3. The molecule has 0 aliphatic rings. The van der Waals surface area contributed by atoms with Crippen LogP contribution in [0.2, 0.25) is 0 Å². The van der Waals surface area contributed by atoms with Crippen LogP contribution in [0.5, 0.6) is 5.75 Å². The zero-order valence-electron chi connectivity index (χ0n) is 8.69. The molecule has 0 bridgehead atoms. The number of nitrogens with two attached hydrogens (primary N) is 1. The number of aryl methyl sites for hydroxylation is 1. The minimum atomic E-state index is -0.280. The Morgan fingerprint density at radius 1 is 1.53 bits per heavy atom. The van der Waals surface area contributed by atoms with Crippen molar-refractivity contribution < 1.29 is 9.53 Å². The SMILES string of the molecule is Cc1ccc(C(=O)S)c(OCCCN)c1. The zero-order chi connectivity index (χ0) is 11.3. The molecule has 0 unspecified atom stereocenters. The largest absolute Gasteiger partial charge is 0.493 e. The molecule has 0 aliphatic carbocycles. The molecule has 0 aliphatic heterocycles. The third kappa shape index (κ3) is 3.57. The third-order valence-corrected chi connectivity index (χ3v) is 2.21. The molecule has 0 spiro atoms. The standard InChI is InChI=1S/C11H15NO2S/c1-8-3-4-9(11(13)15)10(7-8)14-6-2-5-12/h3-4,7H,2,5-6,12H2,1H3,(H,13,15). The normalized spacial score (nSPS) is 10.1. The fourth-order valence-corrected chi connectivity index (χ4v) is 1.38. The summed E-state index contributed by atoms with van der Waals surface area (Å²) in [5.74, 6) is 0.587. The number of rotatable bonds is 5. The van der Waals surface area contributed by atoms with Gasteiger partial charge in [0.1, 0.15) is 5.75 Å². The van der Waals surface area contributed by atoms with E-state index >= 15 is 0 Å². The van der Waals surface area contributed by atoms with E-state index in [-0.39, 0.29) is 5.12 Å². The van der Waals surface area contributed by atoms with E-state index in [1.54, 1.807) is 6.07 Å². The Bertz CT molecular complexity index is 352. The van der Waals surface area contributed by atoms with Crippen molar-refractivity contribution in [2.75, 3.05) is 13.2 Å². The number of carbonyl (C=O) groups is 1. The van der Waals surface area contributed by atoms with Crippen molar-refractivity contribution in [1.82, 2.24) is 0 Å². The molecule has 4 heteroatoms. The minimum Gasteiger partial charge on any atom is -0.493 e. The van der Waals surface area contributed by atoms with E-state index in [2.05, 4.69) is 12.6 Å². The Hall–Kier alpha value is -1.00. The van der Waals surface area contributed by atoms with Gasteiger partial charge in [-0.2, -0.15) is 0 Å². The van der Waals surface area contributed by atoms with E-state index in [9.17, 15) is 4.79 Å². The summed E-state index contributed by atoms with van der Waals surface area (Å²) in [7, 11) is 0. The average Bonchev–Trinajstić information content (AvgIpc) is 2.18. The average molecular weight is 225 g/mol. The number of carbonyl (C=O) groups excluding carboxylic acids is 1. The van der Waals surface area contributed by atoms with Crippen LogP contribution in [0.25, 0.3) is 0 Å². The molecule has 0 aromatic heterocycles. The molecule has 0 atom stereocenters. The second-order valence-electron chi connectivity index (χ2n) is 3.30. The Labute approximate surface area is 95.0 Å². The summed E-state index contributed by atoms with van der Waals surface area (Å²) < 4.78 is 5.47. The van der Waals surface area contributed by atoms with Crippen molar-refractivity contribution in [2.24, 2.45) is 5.73 Å². The zero-order valence-corrected chi connectivity index (χ0v) is 9.59. The van der Waals surface area contributed by atoms with Gasteiger partial charge in [-0.3, -0.25) is 4.79 Å². The summed E-state index contributed by atoms with van der Waals surface area (Å²) in [6, 6.07) is 5.42. The fraction of sp³-hybridized carbons (Fsp3) is 0.364. The Morgan fingerprint density at radius 3 is 2.87 bits per heavy atom. The first-order chi connectivity index (χ1) is 7.15. The predicted molar refractivity (Wildman–Crippen MR) is 63.7 cm³/mol. The Morgan fingerprint density at radius 2 is 2.27 bits per heavy atom. The lowest BCUT2D eigenvalue weighted by molar-refractivity contribution is 0.108. The van der Waals surface area contributed by atoms with Crippen LogP contribution in [0.1, 0.15) is 22.3 Å². The number of thiol groups is 1. The maximum atomic E-state index is 11.2. The van der Waals surface area contributed by atoms with E-state index in [0.29, 0.717) is 24.5 Å². The summed E-state index contributed by atoms with van der Waals surface area (Å²) in [4.78, 5) is 11.2. The van der Waals surface area contributed by atoms with Crippen molar-refractivity contribution in [2.45, 2.75) is 13.3 Å². The van der Waals surface area contributed by atoms with Gasteiger partial charge in [0.25, 0.3) is 0 Å². The second kappa shape index (κ2) is 5.78. The van der Waals surface area contributed by atoms with Gasteiger partial charge in [0.15, 0.2) is 0 Å². The van der Waals surface area contributed by atoms with Gasteiger partial charge in [0.2, 0.25) is 5.12 Å². The van der Waals surface area contributed by atoms with Crippen LogP contribution >= 0.6 is 12.6 Å². The molecule has 82 valence electrons. The molecule has 1 rings (SSSR count). The molecule has 0 saturated heterocycles. The Kier molecular flexibility index (Phi) is 4.65. The quantitative estimate of drug-likeness (QED) is 0.593. The smallest absolute Gasteiger partial charge is 0.220 e. The molecule has 0 saturated carbocycles. The second-order valence-corrected chi connectivity index (χ2v) is 3.70. The highest BCUT2D eigenvalue weighted by molar-refractivity contribution is 7.97. The van der Waals surface area contributed by atoms with Gasteiger partial charge in [-0.05, 0) is 37.6 Å². The lowest BCUT2D eigenvalue weighted by Gasteiger charge is -2.09. The molecule has 1 aromatic rings. The van der Waals surface area contributed by atoms with Crippen LogP contribution in [0.4, 0.5) is 0 Å². The van der Waals surface area contributed by atoms with E-state index in [0.717, 1.165) is 12.0 Å².